The smallest absolute Gasteiger partial charge is 0.227 e. The number of benzene rings is 1. The molecule has 1 amide bonds. The standard InChI is InChI=1S/C19H24Cl2N4O/c1-11-6-14(9-22)10-24(11)19(26)8-16-12(2)23-25(13(16)3)18-5-4-15(20)7-17(18)21/h4-5,7,11,14H,6,8-10,22H2,1-3H3. The highest BCUT2D eigenvalue weighted by Gasteiger charge is 2.32. The van der Waals surface area contributed by atoms with Gasteiger partial charge in [-0.2, -0.15) is 5.10 Å². The summed E-state index contributed by atoms with van der Waals surface area (Å²) in [7, 11) is 0. The molecule has 0 aliphatic carbocycles. The van der Waals surface area contributed by atoms with Crippen molar-refractivity contribution in [2.75, 3.05) is 13.1 Å². The lowest BCUT2D eigenvalue weighted by molar-refractivity contribution is -0.131. The molecule has 0 radical (unpaired) electrons. The first-order chi connectivity index (χ1) is 12.3. The van der Waals surface area contributed by atoms with E-state index in [2.05, 4.69) is 12.0 Å². The third kappa shape index (κ3) is 3.61. The number of carbonyl (C=O) groups excluding carboxylic acids is 1. The summed E-state index contributed by atoms with van der Waals surface area (Å²) in [6.45, 7) is 7.34. The van der Waals surface area contributed by atoms with Crippen LogP contribution < -0.4 is 5.73 Å². The van der Waals surface area contributed by atoms with Gasteiger partial charge >= 0.3 is 0 Å². The van der Waals surface area contributed by atoms with E-state index < -0.39 is 0 Å². The third-order valence-corrected chi connectivity index (χ3v) is 5.76. The Labute approximate surface area is 164 Å². The average Bonchev–Trinajstić information content (AvgIpc) is 3.09. The van der Waals surface area contributed by atoms with Crippen molar-refractivity contribution in [3.8, 4) is 5.69 Å². The van der Waals surface area contributed by atoms with Gasteiger partial charge in [-0.3, -0.25) is 4.79 Å². The summed E-state index contributed by atoms with van der Waals surface area (Å²) >= 11 is 12.3. The van der Waals surface area contributed by atoms with Crippen LogP contribution >= 0.6 is 23.2 Å². The molecule has 7 heteroatoms. The second-order valence-electron chi connectivity index (χ2n) is 7.07. The fourth-order valence-corrected chi connectivity index (χ4v) is 4.22. The van der Waals surface area contributed by atoms with E-state index >= 15 is 0 Å². The van der Waals surface area contributed by atoms with Gasteiger partial charge in [-0.15, -0.1) is 0 Å². The number of nitrogens with zero attached hydrogens (tertiary/aromatic N) is 3. The molecule has 1 aliphatic heterocycles. The minimum atomic E-state index is 0.126. The largest absolute Gasteiger partial charge is 0.339 e. The first kappa shape index (κ1) is 19.2. The maximum absolute atomic E-state index is 12.9. The maximum Gasteiger partial charge on any atom is 0.227 e. The molecule has 1 saturated heterocycles. The Hall–Kier alpha value is -1.56. The van der Waals surface area contributed by atoms with Crippen LogP contribution in [0.3, 0.4) is 0 Å². The van der Waals surface area contributed by atoms with Gasteiger partial charge < -0.3 is 10.6 Å². The predicted molar refractivity (Wildman–Crippen MR) is 105 cm³/mol. The number of likely N-dealkylation sites (tertiary alicyclic amines) is 1. The van der Waals surface area contributed by atoms with Crippen molar-refractivity contribution >= 4 is 29.1 Å². The maximum atomic E-state index is 12.9. The number of nitrogens with two attached hydrogens (primary N) is 1. The lowest BCUT2D eigenvalue weighted by Crippen LogP contribution is -2.35. The molecule has 0 bridgehead atoms. The molecule has 2 N–H and O–H groups in total. The Morgan fingerprint density at radius 3 is 2.69 bits per heavy atom. The Balaban J connectivity index is 1.86. The molecule has 2 atom stereocenters. The van der Waals surface area contributed by atoms with Crippen molar-refractivity contribution in [1.82, 2.24) is 14.7 Å². The van der Waals surface area contributed by atoms with Gasteiger partial charge in [0, 0.05) is 28.9 Å². The first-order valence-electron chi connectivity index (χ1n) is 8.81. The monoisotopic (exact) mass is 394 g/mol. The van der Waals surface area contributed by atoms with Crippen molar-refractivity contribution in [2.24, 2.45) is 11.7 Å². The second kappa shape index (κ2) is 7.59. The molecule has 0 spiro atoms. The molecule has 1 fully saturated rings. The van der Waals surface area contributed by atoms with Crippen molar-refractivity contribution in [1.29, 1.82) is 0 Å². The summed E-state index contributed by atoms with van der Waals surface area (Å²) in [5.41, 5.74) is 9.24. The molecule has 1 aromatic heterocycles. The van der Waals surface area contributed by atoms with Crippen LogP contribution in [-0.2, 0) is 11.2 Å². The highest BCUT2D eigenvalue weighted by molar-refractivity contribution is 6.35. The minimum absolute atomic E-state index is 0.126. The van der Waals surface area contributed by atoms with Gasteiger partial charge in [0.1, 0.15) is 0 Å². The zero-order chi connectivity index (χ0) is 19.0. The SMILES string of the molecule is Cc1nn(-c2ccc(Cl)cc2Cl)c(C)c1CC(=O)N1CC(CN)CC1C. The fraction of sp³-hybridized carbons (Fsp3) is 0.474. The average molecular weight is 395 g/mol. The molecule has 26 heavy (non-hydrogen) atoms. The number of amides is 1. The number of hydrogen-bond acceptors (Lipinski definition) is 3. The van der Waals surface area contributed by atoms with Crippen LogP contribution in [0.5, 0.6) is 0 Å². The summed E-state index contributed by atoms with van der Waals surface area (Å²) in [5, 5.41) is 5.70. The molecule has 140 valence electrons. The predicted octanol–water partition coefficient (Wildman–Crippen LogP) is 3.53. The summed E-state index contributed by atoms with van der Waals surface area (Å²) in [6.07, 6.45) is 1.31. The highest BCUT2D eigenvalue weighted by atomic mass is 35.5. The number of hydrogen-bond donors (Lipinski definition) is 1. The van der Waals surface area contributed by atoms with Crippen LogP contribution in [0.15, 0.2) is 18.2 Å². The molecule has 3 rings (SSSR count). The second-order valence-corrected chi connectivity index (χ2v) is 7.91. The molecular formula is C19H24Cl2N4O. The third-order valence-electron chi connectivity index (χ3n) is 5.22. The molecule has 0 saturated carbocycles. The van der Waals surface area contributed by atoms with E-state index in [9.17, 15) is 4.79 Å². The van der Waals surface area contributed by atoms with E-state index in [1.54, 1.807) is 16.8 Å². The Morgan fingerprint density at radius 2 is 2.08 bits per heavy atom. The number of halogens is 2. The van der Waals surface area contributed by atoms with Crippen molar-refractivity contribution in [2.45, 2.75) is 39.7 Å². The van der Waals surface area contributed by atoms with E-state index in [-0.39, 0.29) is 11.9 Å². The van der Waals surface area contributed by atoms with Crippen LogP contribution in [0.1, 0.15) is 30.3 Å². The quantitative estimate of drug-likeness (QED) is 0.862. The highest BCUT2D eigenvalue weighted by Crippen LogP contribution is 2.28. The molecule has 2 unspecified atom stereocenters. The summed E-state index contributed by atoms with van der Waals surface area (Å²) in [4.78, 5) is 14.8. The molecule has 2 aromatic rings. The van der Waals surface area contributed by atoms with Gasteiger partial charge in [0.2, 0.25) is 5.91 Å². The van der Waals surface area contributed by atoms with Gasteiger partial charge in [-0.1, -0.05) is 23.2 Å². The topological polar surface area (TPSA) is 64.2 Å². The summed E-state index contributed by atoms with van der Waals surface area (Å²) in [5.74, 6) is 0.521. The van der Waals surface area contributed by atoms with E-state index in [4.69, 9.17) is 28.9 Å². The van der Waals surface area contributed by atoms with Gasteiger partial charge in [0.25, 0.3) is 0 Å². The van der Waals surface area contributed by atoms with Gasteiger partial charge in [-0.05, 0) is 57.9 Å². The van der Waals surface area contributed by atoms with Crippen LogP contribution in [-0.4, -0.2) is 39.7 Å². The lowest BCUT2D eigenvalue weighted by atomic mass is 10.1. The first-order valence-corrected chi connectivity index (χ1v) is 9.57. The van der Waals surface area contributed by atoms with Crippen LogP contribution in [0.2, 0.25) is 10.0 Å². The number of aromatic nitrogens is 2. The van der Waals surface area contributed by atoms with E-state index in [0.717, 1.165) is 35.6 Å². The minimum Gasteiger partial charge on any atom is -0.339 e. The van der Waals surface area contributed by atoms with Crippen molar-refractivity contribution < 1.29 is 4.79 Å². The van der Waals surface area contributed by atoms with Gasteiger partial charge in [0.15, 0.2) is 0 Å². The number of rotatable bonds is 4. The van der Waals surface area contributed by atoms with Gasteiger partial charge in [-0.25, -0.2) is 4.68 Å². The van der Waals surface area contributed by atoms with Crippen LogP contribution in [0, 0.1) is 19.8 Å². The van der Waals surface area contributed by atoms with E-state index in [0.29, 0.717) is 28.9 Å². The van der Waals surface area contributed by atoms with Crippen molar-refractivity contribution in [3.63, 3.8) is 0 Å². The number of aryl methyl sites for hydroxylation is 1. The lowest BCUT2D eigenvalue weighted by Gasteiger charge is -2.21. The summed E-state index contributed by atoms with van der Waals surface area (Å²) < 4.78 is 1.78. The molecule has 2 heterocycles. The van der Waals surface area contributed by atoms with E-state index in [1.807, 2.05) is 24.8 Å². The molecule has 5 nitrogen and oxygen atoms in total. The fourth-order valence-electron chi connectivity index (χ4n) is 3.73. The molecule has 1 aromatic carbocycles. The zero-order valence-electron chi connectivity index (χ0n) is 15.3. The molecule has 1 aliphatic rings. The van der Waals surface area contributed by atoms with Crippen LogP contribution in [0.25, 0.3) is 5.69 Å². The van der Waals surface area contributed by atoms with E-state index in [1.165, 1.54) is 0 Å². The Kier molecular flexibility index (Phi) is 5.61. The van der Waals surface area contributed by atoms with Gasteiger partial charge in [0.05, 0.1) is 22.8 Å². The number of carbonyl (C=O) groups is 1. The van der Waals surface area contributed by atoms with Crippen LogP contribution in [0.4, 0.5) is 0 Å². The van der Waals surface area contributed by atoms with Crippen molar-refractivity contribution in [3.05, 3.63) is 45.2 Å². The summed E-state index contributed by atoms with van der Waals surface area (Å²) in [6, 6.07) is 5.54. The molecular weight excluding hydrogens is 371 g/mol. The Morgan fingerprint density at radius 1 is 1.35 bits per heavy atom. The normalized spacial score (nSPS) is 20.0. The zero-order valence-corrected chi connectivity index (χ0v) is 16.8. The Bertz CT molecular complexity index is 833.